The number of hydrogen-bond donors (Lipinski definition) is 1. The summed E-state index contributed by atoms with van der Waals surface area (Å²) in [5.41, 5.74) is 2.10. The fraction of sp³-hybridized carbons (Fsp3) is 0.385. The summed E-state index contributed by atoms with van der Waals surface area (Å²) >= 11 is 0. The number of hydrogen-bond acceptors (Lipinski definition) is 5. The zero-order valence-corrected chi connectivity index (χ0v) is 10.0. The van der Waals surface area contributed by atoms with Crippen LogP contribution in [0, 0.1) is 6.92 Å². The monoisotopic (exact) mass is 250 g/mol. The Balaban J connectivity index is 2.12. The maximum Gasteiger partial charge on any atom is 0.339 e. The molecule has 1 aromatic rings. The van der Waals surface area contributed by atoms with Crippen LogP contribution in [0.1, 0.15) is 34.0 Å². The third-order valence-electron chi connectivity index (χ3n) is 2.81. The van der Waals surface area contributed by atoms with Gasteiger partial charge in [0.15, 0.2) is 0 Å². The van der Waals surface area contributed by atoms with E-state index in [1.54, 1.807) is 6.07 Å². The van der Waals surface area contributed by atoms with Gasteiger partial charge >= 0.3 is 11.9 Å². The van der Waals surface area contributed by atoms with Gasteiger partial charge in [-0.15, -0.1) is 0 Å². The van der Waals surface area contributed by atoms with Crippen LogP contribution in [0.5, 0.6) is 0 Å². The van der Waals surface area contributed by atoms with E-state index in [1.165, 1.54) is 0 Å². The van der Waals surface area contributed by atoms with E-state index in [2.05, 4.69) is 0 Å². The lowest BCUT2D eigenvalue weighted by molar-refractivity contribution is -0.146. The molecule has 1 N–H and O–H groups in total. The summed E-state index contributed by atoms with van der Waals surface area (Å²) < 4.78 is 9.91. The average Bonchev–Trinajstić information content (AvgIpc) is 2.65. The molecule has 1 aliphatic heterocycles. The van der Waals surface area contributed by atoms with Gasteiger partial charge in [0.2, 0.25) is 0 Å². The Morgan fingerprint density at radius 2 is 2.28 bits per heavy atom. The Morgan fingerprint density at radius 1 is 1.50 bits per heavy atom. The second kappa shape index (κ2) is 5.18. The number of aliphatic hydroxyl groups excluding tert-OH is 1. The van der Waals surface area contributed by atoms with Crippen LogP contribution < -0.4 is 0 Å². The van der Waals surface area contributed by atoms with Crippen LogP contribution in [-0.2, 0) is 14.3 Å². The van der Waals surface area contributed by atoms with Crippen LogP contribution in [0.2, 0.25) is 0 Å². The van der Waals surface area contributed by atoms with Crippen molar-refractivity contribution in [2.45, 2.75) is 19.4 Å². The van der Waals surface area contributed by atoms with Crippen LogP contribution in [0.15, 0.2) is 18.2 Å². The largest absolute Gasteiger partial charge is 0.463 e. The fourth-order valence-corrected chi connectivity index (χ4v) is 2.01. The molecule has 1 heterocycles. The quantitative estimate of drug-likeness (QED) is 0.811. The zero-order valence-electron chi connectivity index (χ0n) is 10.0. The van der Waals surface area contributed by atoms with Crippen LogP contribution in [-0.4, -0.2) is 30.3 Å². The molecular weight excluding hydrogens is 236 g/mol. The molecule has 5 nitrogen and oxygen atoms in total. The molecule has 0 aliphatic carbocycles. The molecule has 0 fully saturated rings. The molecule has 1 atom stereocenters. The average molecular weight is 250 g/mol. The number of rotatable bonds is 4. The second-order valence-electron chi connectivity index (χ2n) is 4.08. The highest BCUT2D eigenvalue weighted by Crippen LogP contribution is 2.34. The van der Waals surface area contributed by atoms with Crippen LogP contribution >= 0.6 is 0 Å². The van der Waals surface area contributed by atoms with Crippen molar-refractivity contribution in [1.29, 1.82) is 0 Å². The lowest BCUT2D eigenvalue weighted by Crippen LogP contribution is -2.12. The van der Waals surface area contributed by atoms with Crippen molar-refractivity contribution in [3.63, 3.8) is 0 Å². The molecular formula is C13H14O5. The molecule has 0 radical (unpaired) electrons. The number of esters is 2. The van der Waals surface area contributed by atoms with Crippen molar-refractivity contribution in [2.24, 2.45) is 0 Å². The first-order valence-corrected chi connectivity index (χ1v) is 5.70. The summed E-state index contributed by atoms with van der Waals surface area (Å²) in [5, 5.41) is 8.55. The molecule has 5 heteroatoms. The van der Waals surface area contributed by atoms with E-state index in [1.807, 2.05) is 19.1 Å². The van der Waals surface area contributed by atoms with E-state index < -0.39 is 18.0 Å². The van der Waals surface area contributed by atoms with Crippen LogP contribution in [0.3, 0.4) is 0 Å². The van der Waals surface area contributed by atoms with Crippen molar-refractivity contribution >= 4 is 11.9 Å². The second-order valence-corrected chi connectivity index (χ2v) is 4.08. The van der Waals surface area contributed by atoms with Gasteiger partial charge in [-0.2, -0.15) is 0 Å². The minimum absolute atomic E-state index is 0.0256. The van der Waals surface area contributed by atoms with Crippen molar-refractivity contribution in [3.8, 4) is 0 Å². The van der Waals surface area contributed by atoms with Gasteiger partial charge in [0.1, 0.15) is 12.7 Å². The number of aryl methyl sites for hydroxylation is 1. The smallest absolute Gasteiger partial charge is 0.339 e. The molecule has 0 aromatic heterocycles. The lowest BCUT2D eigenvalue weighted by atomic mass is 9.99. The number of cyclic esters (lactones) is 1. The van der Waals surface area contributed by atoms with E-state index in [9.17, 15) is 9.59 Å². The predicted octanol–water partition coefficient (Wildman–Crippen LogP) is 1.13. The lowest BCUT2D eigenvalue weighted by Gasteiger charge is -2.09. The van der Waals surface area contributed by atoms with Crippen molar-refractivity contribution in [3.05, 3.63) is 34.9 Å². The third kappa shape index (κ3) is 2.36. The molecule has 18 heavy (non-hydrogen) atoms. The first-order chi connectivity index (χ1) is 8.63. The van der Waals surface area contributed by atoms with Crippen LogP contribution in [0.4, 0.5) is 0 Å². The van der Waals surface area contributed by atoms with Crippen molar-refractivity contribution in [2.75, 3.05) is 13.2 Å². The number of aliphatic hydroxyl groups is 1. The summed E-state index contributed by atoms with van der Waals surface area (Å²) in [6.07, 6.45) is -0.610. The molecule has 2 rings (SSSR count). The highest BCUT2D eigenvalue weighted by molar-refractivity contribution is 5.96. The minimum atomic E-state index is -0.585. The topological polar surface area (TPSA) is 72.8 Å². The number of ether oxygens (including phenoxy) is 2. The SMILES string of the molecule is Cc1cccc2c1C(=O)O[C@H]2CC(=O)OCCO. The van der Waals surface area contributed by atoms with Gasteiger partial charge in [-0.1, -0.05) is 18.2 Å². The highest BCUT2D eigenvalue weighted by Gasteiger charge is 2.33. The number of fused-ring (bicyclic) bond motifs is 1. The minimum Gasteiger partial charge on any atom is -0.463 e. The standard InChI is InChI=1S/C13H14O5/c1-8-3-2-4-9-10(18-13(16)12(8)9)7-11(15)17-6-5-14/h2-4,10,14H,5-7H2,1H3/t10-/m0/s1. The van der Waals surface area contributed by atoms with Crippen LogP contribution in [0.25, 0.3) is 0 Å². The van der Waals surface area contributed by atoms with E-state index in [0.717, 1.165) is 11.1 Å². The van der Waals surface area contributed by atoms with Gasteiger partial charge in [0.25, 0.3) is 0 Å². The summed E-state index contributed by atoms with van der Waals surface area (Å²) in [5.74, 6) is -0.890. The Hall–Kier alpha value is -1.88. The van der Waals surface area contributed by atoms with Gasteiger partial charge in [0.05, 0.1) is 18.6 Å². The fourth-order valence-electron chi connectivity index (χ4n) is 2.01. The molecule has 0 unspecified atom stereocenters. The van der Waals surface area contributed by atoms with Gasteiger partial charge in [-0.25, -0.2) is 4.79 Å². The zero-order chi connectivity index (χ0) is 13.1. The Labute approximate surface area is 104 Å². The maximum atomic E-state index is 11.7. The molecule has 0 saturated carbocycles. The molecule has 96 valence electrons. The van der Waals surface area contributed by atoms with Crippen molar-refractivity contribution in [1.82, 2.24) is 0 Å². The normalized spacial score (nSPS) is 17.2. The first-order valence-electron chi connectivity index (χ1n) is 5.70. The molecule has 0 spiro atoms. The van der Waals surface area contributed by atoms with E-state index in [-0.39, 0.29) is 19.6 Å². The third-order valence-corrected chi connectivity index (χ3v) is 2.81. The Bertz CT molecular complexity index is 480. The first kappa shape index (κ1) is 12.6. The molecule has 1 aromatic carbocycles. The van der Waals surface area contributed by atoms with E-state index in [4.69, 9.17) is 14.6 Å². The summed E-state index contributed by atoms with van der Waals surface area (Å²) in [6, 6.07) is 5.42. The molecule has 0 bridgehead atoms. The van der Waals surface area contributed by atoms with Gasteiger partial charge in [-0.05, 0) is 12.5 Å². The number of benzene rings is 1. The van der Waals surface area contributed by atoms with Gasteiger partial charge in [-0.3, -0.25) is 4.79 Å². The highest BCUT2D eigenvalue weighted by atomic mass is 16.6. The summed E-state index contributed by atoms with van der Waals surface area (Å²) in [4.78, 5) is 23.1. The van der Waals surface area contributed by atoms with E-state index >= 15 is 0 Å². The van der Waals surface area contributed by atoms with E-state index in [0.29, 0.717) is 5.56 Å². The summed E-state index contributed by atoms with van der Waals surface area (Å²) in [6.45, 7) is 1.57. The Morgan fingerprint density at radius 3 is 3.00 bits per heavy atom. The van der Waals surface area contributed by atoms with Gasteiger partial charge in [0, 0.05) is 5.56 Å². The Kier molecular flexibility index (Phi) is 3.62. The molecule has 0 saturated heterocycles. The molecule has 0 amide bonds. The summed E-state index contributed by atoms with van der Waals surface area (Å²) in [7, 11) is 0. The predicted molar refractivity (Wildman–Crippen MR) is 62.0 cm³/mol. The van der Waals surface area contributed by atoms with Crippen molar-refractivity contribution < 1.29 is 24.2 Å². The maximum absolute atomic E-state index is 11.7. The molecule has 1 aliphatic rings. The number of carbonyl (C=O) groups is 2. The van der Waals surface area contributed by atoms with Gasteiger partial charge < -0.3 is 14.6 Å². The number of carbonyl (C=O) groups excluding carboxylic acids is 2.